The van der Waals surface area contributed by atoms with Gasteiger partial charge in [0.05, 0.1) is 0 Å². The standard InChI is InChI=1S/C8H13NOP/c1-6-3-2-4-7(5-9)8(6)10-11/h2-4H,5,9H2,1,11H3/q+1. The summed E-state index contributed by atoms with van der Waals surface area (Å²) in [7, 11) is 1.48. The number of para-hydroxylation sites is 1. The van der Waals surface area contributed by atoms with Crippen LogP contribution in [0.1, 0.15) is 11.1 Å². The molecule has 0 saturated carbocycles. The fourth-order valence-electron chi connectivity index (χ4n) is 1.08. The third-order valence-electron chi connectivity index (χ3n) is 1.66. The zero-order chi connectivity index (χ0) is 8.27. The van der Waals surface area contributed by atoms with Gasteiger partial charge in [-0.05, 0) is 12.5 Å². The second-order valence-corrected chi connectivity index (χ2v) is 2.70. The van der Waals surface area contributed by atoms with Crippen molar-refractivity contribution < 1.29 is 4.52 Å². The first-order valence-electron chi connectivity index (χ1n) is 3.50. The SMILES string of the molecule is Cc1cccc(CN)c1O[PH3+]. The Kier molecular flexibility index (Phi) is 2.86. The van der Waals surface area contributed by atoms with E-state index >= 15 is 0 Å². The van der Waals surface area contributed by atoms with E-state index in [-0.39, 0.29) is 0 Å². The molecule has 0 amide bonds. The van der Waals surface area contributed by atoms with Gasteiger partial charge in [-0.1, -0.05) is 18.2 Å². The molecule has 11 heavy (non-hydrogen) atoms. The van der Waals surface area contributed by atoms with Gasteiger partial charge in [0.2, 0.25) is 0 Å². The van der Waals surface area contributed by atoms with Crippen LogP contribution >= 0.6 is 9.47 Å². The third-order valence-corrected chi connectivity index (χ3v) is 1.95. The van der Waals surface area contributed by atoms with Crippen LogP contribution in [0, 0.1) is 6.92 Å². The van der Waals surface area contributed by atoms with E-state index in [2.05, 4.69) is 0 Å². The van der Waals surface area contributed by atoms with Gasteiger partial charge in [0.1, 0.15) is 0 Å². The van der Waals surface area contributed by atoms with Gasteiger partial charge in [0, 0.05) is 12.1 Å². The normalized spacial score (nSPS) is 10.0. The molecule has 1 atom stereocenters. The zero-order valence-corrected chi connectivity index (χ0v) is 8.05. The molecule has 0 aliphatic rings. The predicted molar refractivity (Wildman–Crippen MR) is 50.8 cm³/mol. The van der Waals surface area contributed by atoms with Crippen LogP contribution < -0.4 is 10.3 Å². The van der Waals surface area contributed by atoms with Crippen molar-refractivity contribution in [2.75, 3.05) is 0 Å². The molecule has 0 fully saturated rings. The first kappa shape index (κ1) is 8.51. The maximum absolute atomic E-state index is 5.52. The molecule has 3 heteroatoms. The number of aryl methyl sites for hydroxylation is 1. The molecular weight excluding hydrogens is 157 g/mol. The second-order valence-electron chi connectivity index (χ2n) is 2.41. The molecule has 2 N–H and O–H groups in total. The van der Waals surface area contributed by atoms with Gasteiger partial charge >= 0.3 is 0 Å². The summed E-state index contributed by atoms with van der Waals surface area (Å²) < 4.78 is 5.21. The Labute approximate surface area is 69.0 Å². The molecule has 1 rings (SSSR count). The predicted octanol–water partition coefficient (Wildman–Crippen LogP) is 1.35. The van der Waals surface area contributed by atoms with Crippen LogP contribution in [0.25, 0.3) is 0 Å². The average molecular weight is 170 g/mol. The zero-order valence-electron chi connectivity index (χ0n) is 6.63. The summed E-state index contributed by atoms with van der Waals surface area (Å²) in [4.78, 5) is 0. The number of hydrogen-bond acceptors (Lipinski definition) is 2. The smallest absolute Gasteiger partial charge is 0.179 e. The highest BCUT2D eigenvalue weighted by molar-refractivity contribution is 7.10. The van der Waals surface area contributed by atoms with Crippen molar-refractivity contribution in [1.29, 1.82) is 0 Å². The maximum Gasteiger partial charge on any atom is 0.179 e. The Morgan fingerprint density at radius 2 is 2.27 bits per heavy atom. The molecule has 0 aliphatic heterocycles. The Morgan fingerprint density at radius 3 is 2.73 bits per heavy atom. The van der Waals surface area contributed by atoms with Gasteiger partial charge in [-0.3, -0.25) is 0 Å². The van der Waals surface area contributed by atoms with E-state index in [0.717, 1.165) is 16.9 Å². The molecular formula is C8H13NOP+. The number of benzene rings is 1. The Bertz CT molecular complexity index is 250. The van der Waals surface area contributed by atoms with Gasteiger partial charge in [0.25, 0.3) is 0 Å². The van der Waals surface area contributed by atoms with E-state index in [0.29, 0.717) is 6.54 Å². The molecule has 1 aromatic carbocycles. The molecule has 0 spiro atoms. The molecule has 1 unspecified atom stereocenters. The molecule has 0 saturated heterocycles. The minimum absolute atomic E-state index is 0.537. The fraction of sp³-hybridized carbons (Fsp3) is 0.250. The van der Waals surface area contributed by atoms with Crippen LogP contribution in [-0.2, 0) is 6.54 Å². The van der Waals surface area contributed by atoms with E-state index in [1.54, 1.807) is 0 Å². The highest BCUT2D eigenvalue weighted by Gasteiger charge is 2.04. The molecule has 0 radical (unpaired) electrons. The quantitative estimate of drug-likeness (QED) is 0.680. The van der Waals surface area contributed by atoms with Crippen LogP contribution in [0.2, 0.25) is 0 Å². The monoisotopic (exact) mass is 170 g/mol. The molecule has 2 nitrogen and oxygen atoms in total. The Balaban J connectivity index is 3.13. The van der Waals surface area contributed by atoms with Crippen molar-refractivity contribution in [3.63, 3.8) is 0 Å². The van der Waals surface area contributed by atoms with E-state index in [9.17, 15) is 0 Å². The largest absolute Gasteiger partial charge is 0.358 e. The van der Waals surface area contributed by atoms with Gasteiger partial charge in [-0.2, -0.15) is 0 Å². The van der Waals surface area contributed by atoms with E-state index in [4.69, 9.17) is 10.3 Å². The third kappa shape index (κ3) is 1.70. The molecule has 0 heterocycles. The lowest BCUT2D eigenvalue weighted by atomic mass is 10.1. The van der Waals surface area contributed by atoms with Crippen molar-refractivity contribution in [2.24, 2.45) is 5.73 Å². The molecule has 0 bridgehead atoms. The lowest BCUT2D eigenvalue weighted by Crippen LogP contribution is -1.98. The van der Waals surface area contributed by atoms with Crippen molar-refractivity contribution >= 4 is 9.47 Å². The second kappa shape index (κ2) is 3.70. The minimum atomic E-state index is 0.537. The minimum Gasteiger partial charge on any atom is -0.358 e. The lowest BCUT2D eigenvalue weighted by molar-refractivity contribution is 0.628. The van der Waals surface area contributed by atoms with Crippen LogP contribution in [0.4, 0.5) is 0 Å². The summed E-state index contributed by atoms with van der Waals surface area (Å²) in [5.41, 5.74) is 7.73. The van der Waals surface area contributed by atoms with Crippen molar-refractivity contribution in [3.8, 4) is 5.75 Å². The van der Waals surface area contributed by atoms with E-state index < -0.39 is 0 Å². The number of nitrogens with two attached hydrogens (primary N) is 1. The summed E-state index contributed by atoms with van der Waals surface area (Å²) >= 11 is 0. The Hall–Kier alpha value is -0.590. The van der Waals surface area contributed by atoms with Gasteiger partial charge in [0.15, 0.2) is 15.2 Å². The topological polar surface area (TPSA) is 35.2 Å². The average Bonchev–Trinajstić information content (AvgIpc) is 2.04. The van der Waals surface area contributed by atoms with Crippen molar-refractivity contribution in [2.45, 2.75) is 13.5 Å². The number of hydrogen-bond donors (Lipinski definition) is 1. The Morgan fingerprint density at radius 1 is 1.55 bits per heavy atom. The van der Waals surface area contributed by atoms with Crippen LogP contribution in [0.5, 0.6) is 5.75 Å². The van der Waals surface area contributed by atoms with Crippen LogP contribution in [0.3, 0.4) is 0 Å². The highest BCUT2D eigenvalue weighted by atomic mass is 31.0. The van der Waals surface area contributed by atoms with Gasteiger partial charge in [-0.15, -0.1) is 0 Å². The molecule has 0 aromatic heterocycles. The summed E-state index contributed by atoms with van der Waals surface area (Å²) in [5.74, 6) is 0.924. The van der Waals surface area contributed by atoms with E-state index in [1.807, 2.05) is 25.1 Å². The first-order chi connectivity index (χ1) is 5.29. The van der Waals surface area contributed by atoms with Gasteiger partial charge < -0.3 is 10.3 Å². The molecule has 1 aromatic rings. The summed E-state index contributed by atoms with van der Waals surface area (Å²) in [6.45, 7) is 2.55. The van der Waals surface area contributed by atoms with Crippen LogP contribution in [-0.4, -0.2) is 0 Å². The highest BCUT2D eigenvalue weighted by Crippen LogP contribution is 2.24. The molecule has 60 valence electrons. The van der Waals surface area contributed by atoms with E-state index in [1.165, 1.54) is 9.47 Å². The fourth-order valence-corrected chi connectivity index (χ4v) is 1.49. The van der Waals surface area contributed by atoms with Gasteiger partial charge in [-0.25, -0.2) is 0 Å². The number of rotatable bonds is 2. The summed E-state index contributed by atoms with van der Waals surface area (Å²) in [6, 6.07) is 5.99. The van der Waals surface area contributed by atoms with Crippen molar-refractivity contribution in [3.05, 3.63) is 29.3 Å². The molecule has 0 aliphatic carbocycles. The van der Waals surface area contributed by atoms with Crippen LogP contribution in [0.15, 0.2) is 18.2 Å². The summed E-state index contributed by atoms with van der Waals surface area (Å²) in [5, 5.41) is 0. The summed E-state index contributed by atoms with van der Waals surface area (Å²) in [6.07, 6.45) is 0. The lowest BCUT2D eigenvalue weighted by Gasteiger charge is -2.04. The first-order valence-corrected chi connectivity index (χ1v) is 4.08. The van der Waals surface area contributed by atoms with Crippen molar-refractivity contribution in [1.82, 2.24) is 0 Å². The maximum atomic E-state index is 5.52.